The number of ether oxygens (including phenoxy) is 5. The summed E-state index contributed by atoms with van der Waals surface area (Å²) in [6, 6.07) is 19.9. The molecule has 5 fully saturated rings. The van der Waals surface area contributed by atoms with Crippen LogP contribution in [0.5, 0.6) is 23.3 Å². The molecule has 20 heteroatoms. The number of imidazole rings is 2. The van der Waals surface area contributed by atoms with Gasteiger partial charge in [-0.3, -0.25) is 9.59 Å². The summed E-state index contributed by atoms with van der Waals surface area (Å²) >= 11 is 0. The van der Waals surface area contributed by atoms with Crippen LogP contribution in [0.1, 0.15) is 72.1 Å². The lowest BCUT2D eigenvalue weighted by molar-refractivity contribution is -0.0383. The van der Waals surface area contributed by atoms with Crippen LogP contribution in [-0.4, -0.2) is 158 Å². The number of amides is 2. The first-order valence-electron chi connectivity index (χ1n) is 27.5. The van der Waals surface area contributed by atoms with E-state index in [4.69, 9.17) is 54.5 Å². The number of carbonyl (C=O) groups is 2. The average Bonchev–Trinajstić information content (AvgIpc) is 4.57. The molecule has 5 aliphatic rings. The number of aliphatic hydroxyl groups excluding tert-OH is 1. The standard InChI is InChI=1S/C29H34N6O4.C27H31N5O3.C2H7NO/c1-33-26-20(12-19(14-24(26)37-2)29(36)34-10-8-23-21(16-34)30-9-11-39-23)31-28(33)22-13-18-6-7-25(38-3)32-27(18)35(22)15-17-4-5-17;1-30-24-20(13-19(15-22(24)34-2)27(33)31-11-5-4-6-12-31)28-26(30)21-14-18-9-10-23(35-3)29-25(18)32(21)16-17-7-8-17;3-1-2-4/h6-7,12-14,17,21,23,30H,4-5,8-11,15-16H2,1-3H3;9-10,13-15,17H,4-8,11-12,16H2,1-3H3;4H,1-3H2/t21-,23+;;/m0../s1. The van der Waals surface area contributed by atoms with Crippen LogP contribution < -0.4 is 30.0 Å². The summed E-state index contributed by atoms with van der Waals surface area (Å²) in [7, 11) is 10.6. The Kier molecular flexibility index (Phi) is 15.3. The summed E-state index contributed by atoms with van der Waals surface area (Å²) in [5.74, 6) is 5.50. The number of hydrogen-bond donors (Lipinski definition) is 3. The third-order valence-electron chi connectivity index (χ3n) is 15.8. The molecule has 0 bridgehead atoms. The Bertz CT molecular complexity index is 3490. The first-order chi connectivity index (χ1) is 38.0. The number of hydrogen-bond acceptors (Lipinski definition) is 14. The van der Waals surface area contributed by atoms with Gasteiger partial charge in [-0.25, -0.2) is 9.97 Å². The molecule has 0 unspecified atom stereocenters. The fraction of sp³-hybridized carbons (Fsp3) is 0.483. The van der Waals surface area contributed by atoms with E-state index in [1.165, 1.54) is 32.1 Å². The molecule has 412 valence electrons. The van der Waals surface area contributed by atoms with Crippen molar-refractivity contribution in [2.75, 3.05) is 80.9 Å². The molecule has 3 aliphatic heterocycles. The number of methoxy groups -OCH3 is 4. The molecular weight excluding hydrogens is 993 g/mol. The second kappa shape index (κ2) is 22.6. The van der Waals surface area contributed by atoms with Crippen LogP contribution in [0.15, 0.2) is 60.7 Å². The quantitative estimate of drug-likeness (QED) is 0.108. The van der Waals surface area contributed by atoms with Crippen molar-refractivity contribution < 1.29 is 38.4 Å². The van der Waals surface area contributed by atoms with E-state index in [9.17, 15) is 9.59 Å². The topological polar surface area (TPSA) is 216 Å². The molecule has 0 radical (unpaired) electrons. The molecule has 6 aromatic heterocycles. The molecular formula is C58H72N12O8. The van der Waals surface area contributed by atoms with Gasteiger partial charge in [-0.05, 0) is 112 Å². The number of fused-ring (bicyclic) bond motifs is 5. The number of pyridine rings is 2. The Hall–Kier alpha value is -7.26. The van der Waals surface area contributed by atoms with Gasteiger partial charge >= 0.3 is 0 Å². The Morgan fingerprint density at radius 1 is 0.654 bits per heavy atom. The Morgan fingerprint density at radius 2 is 1.15 bits per heavy atom. The number of benzene rings is 2. The van der Waals surface area contributed by atoms with Gasteiger partial charge in [-0.1, -0.05) is 0 Å². The lowest BCUT2D eigenvalue weighted by atomic mass is 9.99. The molecule has 2 atom stereocenters. The minimum atomic E-state index is -0.00707. The van der Waals surface area contributed by atoms with Gasteiger partial charge in [0.05, 0.1) is 76.2 Å². The van der Waals surface area contributed by atoms with Crippen LogP contribution in [0.4, 0.5) is 0 Å². The molecule has 78 heavy (non-hydrogen) atoms. The molecule has 8 aromatic rings. The number of aryl methyl sites for hydroxylation is 2. The molecule has 2 aromatic carbocycles. The highest BCUT2D eigenvalue weighted by Gasteiger charge is 2.35. The maximum Gasteiger partial charge on any atom is 0.254 e. The van der Waals surface area contributed by atoms with E-state index in [1.54, 1.807) is 28.4 Å². The monoisotopic (exact) mass is 1060 g/mol. The number of nitrogens with two attached hydrogens (primary N) is 1. The van der Waals surface area contributed by atoms with Crippen molar-refractivity contribution in [3.63, 3.8) is 0 Å². The number of carbonyl (C=O) groups excluding carboxylic acids is 2. The lowest BCUT2D eigenvalue weighted by Crippen LogP contribution is -2.59. The predicted molar refractivity (Wildman–Crippen MR) is 298 cm³/mol. The second-order valence-electron chi connectivity index (χ2n) is 21.2. The summed E-state index contributed by atoms with van der Waals surface area (Å²) < 4.78 is 37.0. The SMILES string of the molecule is COc1ccc2cc(-c3nc4cc(C(=O)N5CCCCC5)cc(OC)c4n3C)n(CC3CC3)c2n1.COc1ccc2cc(-c3nc4cc(C(=O)N5CC[C@H]6OCCN[C@H]6C5)cc(OC)c4n3C)n(CC3CC3)c2n1.NCCO. The summed E-state index contributed by atoms with van der Waals surface area (Å²) in [6.45, 7) is 6.74. The largest absolute Gasteiger partial charge is 0.494 e. The Balaban J connectivity index is 0.000000156. The van der Waals surface area contributed by atoms with Gasteiger partial charge in [0.15, 0.2) is 11.6 Å². The summed E-state index contributed by atoms with van der Waals surface area (Å²) in [4.78, 5) is 50.4. The highest BCUT2D eigenvalue weighted by atomic mass is 16.5. The minimum absolute atomic E-state index is 0.00707. The molecule has 2 aliphatic carbocycles. The van der Waals surface area contributed by atoms with Crippen molar-refractivity contribution in [3.8, 4) is 46.3 Å². The van der Waals surface area contributed by atoms with Crippen LogP contribution in [0, 0.1) is 11.8 Å². The smallest absolute Gasteiger partial charge is 0.254 e. The maximum absolute atomic E-state index is 13.7. The maximum atomic E-state index is 13.7. The highest BCUT2D eigenvalue weighted by Crippen LogP contribution is 2.40. The van der Waals surface area contributed by atoms with Gasteiger partial charge < -0.3 is 67.9 Å². The van der Waals surface area contributed by atoms with Crippen molar-refractivity contribution in [2.24, 2.45) is 31.7 Å². The third-order valence-corrected chi connectivity index (χ3v) is 15.8. The van der Waals surface area contributed by atoms with E-state index in [-0.39, 0.29) is 30.6 Å². The van der Waals surface area contributed by atoms with E-state index in [0.29, 0.717) is 65.9 Å². The molecule has 20 nitrogen and oxygen atoms in total. The van der Waals surface area contributed by atoms with Gasteiger partial charge in [0, 0.05) is 100 Å². The summed E-state index contributed by atoms with van der Waals surface area (Å²) in [5.41, 5.74) is 13.0. The Morgan fingerprint density at radius 3 is 1.62 bits per heavy atom. The van der Waals surface area contributed by atoms with Gasteiger partial charge in [0.25, 0.3) is 11.8 Å². The van der Waals surface area contributed by atoms with Crippen LogP contribution in [-0.2, 0) is 31.9 Å². The molecule has 4 N–H and O–H groups in total. The predicted octanol–water partition coefficient (Wildman–Crippen LogP) is 6.80. The van der Waals surface area contributed by atoms with Crippen molar-refractivity contribution >= 4 is 55.9 Å². The van der Waals surface area contributed by atoms with E-state index in [2.05, 4.69) is 35.7 Å². The fourth-order valence-corrected chi connectivity index (χ4v) is 11.4. The van der Waals surface area contributed by atoms with Gasteiger partial charge in [-0.15, -0.1) is 0 Å². The number of morpholine rings is 1. The zero-order chi connectivity index (χ0) is 54.2. The van der Waals surface area contributed by atoms with E-state index >= 15 is 0 Å². The van der Waals surface area contributed by atoms with Crippen molar-refractivity contribution in [3.05, 3.63) is 71.8 Å². The van der Waals surface area contributed by atoms with Crippen LogP contribution in [0.25, 0.3) is 67.2 Å². The summed E-state index contributed by atoms with van der Waals surface area (Å²) in [6.07, 6.45) is 9.24. The number of aromatic nitrogens is 8. The fourth-order valence-electron chi connectivity index (χ4n) is 11.4. The van der Waals surface area contributed by atoms with E-state index in [0.717, 1.165) is 126 Å². The third kappa shape index (κ3) is 10.4. The second-order valence-corrected chi connectivity index (χ2v) is 21.2. The first kappa shape index (κ1) is 52.8. The van der Waals surface area contributed by atoms with Crippen molar-refractivity contribution in [1.82, 2.24) is 53.3 Å². The van der Waals surface area contributed by atoms with Crippen LogP contribution in [0.2, 0.25) is 0 Å². The molecule has 2 saturated carbocycles. The minimum Gasteiger partial charge on any atom is -0.494 e. The van der Waals surface area contributed by atoms with Crippen molar-refractivity contribution in [2.45, 2.75) is 76.6 Å². The van der Waals surface area contributed by atoms with Gasteiger partial charge in [-0.2, -0.15) is 9.97 Å². The Labute approximate surface area is 453 Å². The molecule has 0 spiro atoms. The molecule has 2 amide bonds. The lowest BCUT2D eigenvalue weighted by Gasteiger charge is -2.41. The highest BCUT2D eigenvalue weighted by molar-refractivity contribution is 6.01. The first-order valence-corrected chi connectivity index (χ1v) is 27.5. The van der Waals surface area contributed by atoms with Gasteiger partial charge in [0.2, 0.25) is 11.8 Å². The number of aliphatic hydroxyl groups is 1. The van der Waals surface area contributed by atoms with Crippen LogP contribution in [0.3, 0.4) is 0 Å². The number of nitrogens with one attached hydrogen (secondary N) is 1. The molecule has 13 rings (SSSR count). The summed E-state index contributed by atoms with van der Waals surface area (Å²) in [5, 5.41) is 13.4. The van der Waals surface area contributed by atoms with Crippen LogP contribution >= 0.6 is 0 Å². The normalized spacial score (nSPS) is 18.4. The zero-order valence-corrected chi connectivity index (χ0v) is 45.7. The number of piperidine rings is 2. The number of likely N-dealkylation sites (tertiary alicyclic amines) is 2. The van der Waals surface area contributed by atoms with E-state index in [1.807, 2.05) is 72.4 Å². The number of nitrogens with zero attached hydrogens (tertiary/aromatic N) is 10. The average molecular weight is 1070 g/mol. The van der Waals surface area contributed by atoms with Crippen molar-refractivity contribution in [1.29, 1.82) is 0 Å². The van der Waals surface area contributed by atoms with E-state index < -0.39 is 0 Å². The van der Waals surface area contributed by atoms with Gasteiger partial charge in [0.1, 0.15) is 33.8 Å². The number of rotatable bonds is 13. The molecule has 9 heterocycles. The molecule has 3 saturated heterocycles. The zero-order valence-electron chi connectivity index (χ0n) is 45.7.